The maximum absolute atomic E-state index is 5.02. The minimum Gasteiger partial charge on any atom is -0.338 e. The zero-order chi connectivity index (χ0) is 10.7. The molecule has 78 valence electrons. The van der Waals surface area contributed by atoms with E-state index in [1.807, 2.05) is 31.2 Å². The van der Waals surface area contributed by atoms with Crippen molar-refractivity contribution in [2.75, 3.05) is 11.9 Å². The summed E-state index contributed by atoms with van der Waals surface area (Å²) in [7, 11) is 0. The Morgan fingerprint density at radius 1 is 1.40 bits per heavy atom. The highest BCUT2D eigenvalue weighted by Crippen LogP contribution is 2.25. The summed E-state index contributed by atoms with van der Waals surface area (Å²) in [5.74, 6) is 0.582. The zero-order valence-electron chi connectivity index (χ0n) is 8.20. The van der Waals surface area contributed by atoms with E-state index in [0.29, 0.717) is 11.8 Å². The van der Waals surface area contributed by atoms with Crippen LogP contribution in [-0.4, -0.2) is 16.7 Å². The molecule has 5 heteroatoms. The number of hydrogen-bond donors (Lipinski definition) is 1. The van der Waals surface area contributed by atoms with Crippen molar-refractivity contribution < 1.29 is 4.52 Å². The van der Waals surface area contributed by atoms with Crippen molar-refractivity contribution >= 4 is 21.9 Å². The monoisotopic (exact) mass is 267 g/mol. The molecule has 2 aromatic rings. The lowest BCUT2D eigenvalue weighted by atomic mass is 10.2. The number of nitrogens with zero attached hydrogens (tertiary/aromatic N) is 2. The maximum atomic E-state index is 5.02. The number of hydrogen-bond acceptors (Lipinski definition) is 4. The Hall–Kier alpha value is -1.36. The van der Waals surface area contributed by atoms with Gasteiger partial charge in [0.05, 0.1) is 0 Å². The molecule has 0 unspecified atom stereocenters. The largest absolute Gasteiger partial charge is 0.338 e. The molecule has 1 aromatic carbocycles. The minimum absolute atomic E-state index is 0.447. The van der Waals surface area contributed by atoms with Crippen molar-refractivity contribution in [2.24, 2.45) is 0 Å². The van der Waals surface area contributed by atoms with Gasteiger partial charge < -0.3 is 9.84 Å². The van der Waals surface area contributed by atoms with Crippen LogP contribution >= 0.6 is 15.9 Å². The van der Waals surface area contributed by atoms with E-state index in [1.165, 1.54) is 0 Å². The third kappa shape index (κ3) is 2.18. The molecule has 0 aliphatic carbocycles. The lowest BCUT2D eigenvalue weighted by Gasteiger charge is -1.96. The summed E-state index contributed by atoms with van der Waals surface area (Å²) in [5.41, 5.74) is 0.922. The Morgan fingerprint density at radius 2 is 2.20 bits per heavy atom. The fourth-order valence-corrected chi connectivity index (χ4v) is 1.66. The Kier molecular flexibility index (Phi) is 3.01. The molecular weight excluding hydrogens is 258 g/mol. The van der Waals surface area contributed by atoms with Crippen LogP contribution in [0.4, 0.5) is 6.01 Å². The highest BCUT2D eigenvalue weighted by Gasteiger charge is 2.09. The quantitative estimate of drug-likeness (QED) is 0.929. The summed E-state index contributed by atoms with van der Waals surface area (Å²) in [6, 6.07) is 8.20. The second-order valence-electron chi connectivity index (χ2n) is 2.93. The van der Waals surface area contributed by atoms with Crippen LogP contribution in [0.25, 0.3) is 11.4 Å². The lowest BCUT2D eigenvalue weighted by Crippen LogP contribution is -1.95. The molecule has 0 amide bonds. The van der Waals surface area contributed by atoms with Gasteiger partial charge in [-0.25, -0.2) is 0 Å². The van der Waals surface area contributed by atoms with Crippen LogP contribution in [0.5, 0.6) is 0 Å². The third-order valence-corrected chi connectivity index (χ3v) is 2.56. The fourth-order valence-electron chi connectivity index (χ4n) is 1.20. The summed E-state index contributed by atoms with van der Waals surface area (Å²) in [4.78, 5) is 4.21. The normalized spacial score (nSPS) is 10.3. The molecular formula is C10H10BrN3O. The van der Waals surface area contributed by atoms with Gasteiger partial charge in [-0.05, 0) is 19.1 Å². The smallest absolute Gasteiger partial charge is 0.321 e. The van der Waals surface area contributed by atoms with Crippen LogP contribution in [0.3, 0.4) is 0 Å². The Bertz CT molecular complexity index is 455. The van der Waals surface area contributed by atoms with Gasteiger partial charge in [-0.3, -0.25) is 0 Å². The average molecular weight is 268 g/mol. The first kappa shape index (κ1) is 10.2. The second-order valence-corrected chi connectivity index (χ2v) is 3.79. The van der Waals surface area contributed by atoms with Gasteiger partial charge >= 0.3 is 6.01 Å². The molecule has 2 rings (SSSR count). The van der Waals surface area contributed by atoms with Gasteiger partial charge in [-0.1, -0.05) is 33.2 Å². The van der Waals surface area contributed by atoms with Gasteiger partial charge in [0, 0.05) is 16.6 Å². The van der Waals surface area contributed by atoms with E-state index in [1.54, 1.807) is 0 Å². The standard InChI is InChI=1S/C10H10BrN3O/c1-2-12-10-13-9(14-15-10)7-5-3-4-6-8(7)11/h3-6H,2H2,1H3,(H,12,13,14). The van der Waals surface area contributed by atoms with E-state index in [4.69, 9.17) is 4.52 Å². The Morgan fingerprint density at radius 3 is 2.93 bits per heavy atom. The first-order valence-corrected chi connectivity index (χ1v) is 5.43. The Balaban J connectivity index is 2.33. The van der Waals surface area contributed by atoms with Gasteiger partial charge in [-0.15, -0.1) is 0 Å². The maximum Gasteiger partial charge on any atom is 0.321 e. The number of rotatable bonds is 3. The summed E-state index contributed by atoms with van der Waals surface area (Å²) in [6.45, 7) is 2.74. The molecule has 0 spiro atoms. The third-order valence-electron chi connectivity index (χ3n) is 1.87. The second kappa shape index (κ2) is 4.44. The lowest BCUT2D eigenvalue weighted by molar-refractivity contribution is 0.432. The van der Waals surface area contributed by atoms with Crippen molar-refractivity contribution in [3.63, 3.8) is 0 Å². The van der Waals surface area contributed by atoms with Gasteiger partial charge in [0.15, 0.2) is 0 Å². The molecule has 4 nitrogen and oxygen atoms in total. The number of aromatic nitrogens is 2. The van der Waals surface area contributed by atoms with Crippen LogP contribution in [0.2, 0.25) is 0 Å². The summed E-state index contributed by atoms with van der Waals surface area (Å²) in [6.07, 6.45) is 0. The molecule has 0 bridgehead atoms. The van der Waals surface area contributed by atoms with Crippen molar-refractivity contribution in [3.05, 3.63) is 28.7 Å². The van der Waals surface area contributed by atoms with Gasteiger partial charge in [0.25, 0.3) is 0 Å². The van der Waals surface area contributed by atoms with Crippen LogP contribution in [-0.2, 0) is 0 Å². The Labute approximate surface area is 95.8 Å². The summed E-state index contributed by atoms with van der Waals surface area (Å²) >= 11 is 3.44. The molecule has 0 fully saturated rings. The van der Waals surface area contributed by atoms with Crippen LogP contribution < -0.4 is 5.32 Å². The molecule has 15 heavy (non-hydrogen) atoms. The molecule has 0 radical (unpaired) electrons. The topological polar surface area (TPSA) is 51.0 Å². The van der Waals surface area contributed by atoms with Crippen molar-refractivity contribution in [3.8, 4) is 11.4 Å². The van der Waals surface area contributed by atoms with Gasteiger partial charge in [-0.2, -0.15) is 4.98 Å². The highest BCUT2D eigenvalue weighted by atomic mass is 79.9. The van der Waals surface area contributed by atoms with Crippen LogP contribution in [0, 0.1) is 0 Å². The number of anilines is 1. The van der Waals surface area contributed by atoms with E-state index in [0.717, 1.165) is 16.6 Å². The summed E-state index contributed by atoms with van der Waals surface area (Å²) < 4.78 is 5.97. The van der Waals surface area contributed by atoms with Crippen LogP contribution in [0.1, 0.15) is 6.92 Å². The van der Waals surface area contributed by atoms with Gasteiger partial charge in [0.2, 0.25) is 5.82 Å². The molecule has 0 saturated carbocycles. The van der Waals surface area contributed by atoms with Gasteiger partial charge in [0.1, 0.15) is 0 Å². The molecule has 1 N–H and O–H groups in total. The van der Waals surface area contributed by atoms with E-state index < -0.39 is 0 Å². The number of nitrogens with one attached hydrogen (secondary N) is 1. The molecule has 0 atom stereocenters. The number of halogens is 1. The minimum atomic E-state index is 0.447. The van der Waals surface area contributed by atoms with Crippen molar-refractivity contribution in [1.29, 1.82) is 0 Å². The van der Waals surface area contributed by atoms with Crippen molar-refractivity contribution in [1.82, 2.24) is 10.1 Å². The van der Waals surface area contributed by atoms with E-state index in [9.17, 15) is 0 Å². The first-order valence-electron chi connectivity index (χ1n) is 4.63. The molecule has 1 heterocycles. The predicted molar refractivity (Wildman–Crippen MR) is 61.6 cm³/mol. The average Bonchev–Trinajstić information content (AvgIpc) is 2.68. The van der Waals surface area contributed by atoms with E-state index >= 15 is 0 Å². The molecule has 0 aliphatic rings. The predicted octanol–water partition coefficient (Wildman–Crippen LogP) is 2.93. The summed E-state index contributed by atoms with van der Waals surface area (Å²) in [5, 5.41) is 6.85. The van der Waals surface area contributed by atoms with Crippen LogP contribution in [0.15, 0.2) is 33.3 Å². The SMILES string of the molecule is CCNc1nc(-c2ccccc2Br)no1. The van der Waals surface area contributed by atoms with E-state index in [2.05, 4.69) is 31.4 Å². The van der Waals surface area contributed by atoms with E-state index in [-0.39, 0.29) is 0 Å². The molecule has 1 aromatic heterocycles. The molecule has 0 saturated heterocycles. The first-order chi connectivity index (χ1) is 7.31. The van der Waals surface area contributed by atoms with Crippen molar-refractivity contribution in [2.45, 2.75) is 6.92 Å². The number of benzene rings is 1. The fraction of sp³-hybridized carbons (Fsp3) is 0.200. The molecule has 0 aliphatic heterocycles. The zero-order valence-corrected chi connectivity index (χ0v) is 9.78. The highest BCUT2D eigenvalue weighted by molar-refractivity contribution is 9.10.